The molecule has 1 aromatic carbocycles. The number of rotatable bonds is 4. The number of hydrogen-bond acceptors (Lipinski definition) is 5. The van der Waals surface area contributed by atoms with Crippen molar-refractivity contribution in [1.82, 2.24) is 4.98 Å². The lowest BCUT2D eigenvalue weighted by atomic mass is 10.2. The maximum atomic E-state index is 13.5. The summed E-state index contributed by atoms with van der Waals surface area (Å²) in [5.41, 5.74) is 0.904. The second-order valence-corrected chi connectivity index (χ2v) is 4.19. The SMILES string of the molecule is CNc1cc([N+](=O)[O-])cc(Nc2ccc(C)c(F)c2)n1. The number of benzene rings is 1. The monoisotopic (exact) mass is 276 g/mol. The van der Waals surface area contributed by atoms with Gasteiger partial charge in [-0.25, -0.2) is 9.37 Å². The van der Waals surface area contributed by atoms with E-state index in [2.05, 4.69) is 15.6 Å². The van der Waals surface area contributed by atoms with Gasteiger partial charge in [0.15, 0.2) is 0 Å². The first-order valence-electron chi connectivity index (χ1n) is 5.87. The van der Waals surface area contributed by atoms with E-state index in [1.165, 1.54) is 18.2 Å². The predicted molar refractivity (Wildman–Crippen MR) is 74.9 cm³/mol. The normalized spacial score (nSPS) is 10.2. The summed E-state index contributed by atoms with van der Waals surface area (Å²) in [7, 11) is 1.61. The van der Waals surface area contributed by atoms with E-state index in [0.717, 1.165) is 0 Å². The fourth-order valence-corrected chi connectivity index (χ4v) is 1.63. The minimum absolute atomic E-state index is 0.0977. The molecule has 20 heavy (non-hydrogen) atoms. The van der Waals surface area contributed by atoms with Crippen LogP contribution in [0.4, 0.5) is 27.4 Å². The highest BCUT2D eigenvalue weighted by molar-refractivity contribution is 5.62. The molecule has 0 fully saturated rings. The van der Waals surface area contributed by atoms with E-state index < -0.39 is 4.92 Å². The molecule has 0 aliphatic carbocycles. The standard InChI is InChI=1S/C13H13FN4O2/c1-8-3-4-9(5-11(8)14)16-13-7-10(18(19)20)6-12(15-2)17-13/h3-7H,1-2H3,(H2,15,16,17). The Morgan fingerprint density at radius 3 is 2.55 bits per heavy atom. The van der Waals surface area contributed by atoms with Crippen LogP contribution in [-0.2, 0) is 0 Å². The summed E-state index contributed by atoms with van der Waals surface area (Å²) < 4.78 is 13.5. The summed E-state index contributed by atoms with van der Waals surface area (Å²) in [6.45, 7) is 1.66. The zero-order chi connectivity index (χ0) is 14.7. The first kappa shape index (κ1) is 13.7. The minimum Gasteiger partial charge on any atom is -0.373 e. The number of pyridine rings is 1. The molecule has 6 nitrogen and oxygen atoms in total. The maximum absolute atomic E-state index is 13.5. The van der Waals surface area contributed by atoms with Crippen molar-refractivity contribution < 1.29 is 9.31 Å². The molecule has 1 aromatic heterocycles. The van der Waals surface area contributed by atoms with Crippen molar-refractivity contribution >= 4 is 23.0 Å². The van der Waals surface area contributed by atoms with E-state index in [1.54, 1.807) is 26.1 Å². The molecule has 0 aliphatic rings. The van der Waals surface area contributed by atoms with Crippen molar-refractivity contribution in [3.63, 3.8) is 0 Å². The van der Waals surface area contributed by atoms with Crippen molar-refractivity contribution in [1.29, 1.82) is 0 Å². The van der Waals surface area contributed by atoms with Gasteiger partial charge in [0, 0.05) is 12.7 Å². The fraction of sp³-hybridized carbons (Fsp3) is 0.154. The van der Waals surface area contributed by atoms with E-state index in [1.807, 2.05) is 0 Å². The van der Waals surface area contributed by atoms with Crippen molar-refractivity contribution in [2.45, 2.75) is 6.92 Å². The van der Waals surface area contributed by atoms with Gasteiger partial charge in [0.25, 0.3) is 5.69 Å². The molecule has 0 amide bonds. The quantitative estimate of drug-likeness (QED) is 0.662. The van der Waals surface area contributed by atoms with Crippen molar-refractivity contribution in [2.75, 3.05) is 17.7 Å². The molecule has 0 spiro atoms. The second kappa shape index (κ2) is 5.52. The number of halogens is 1. The van der Waals surface area contributed by atoms with Crippen molar-refractivity contribution in [3.05, 3.63) is 51.8 Å². The third kappa shape index (κ3) is 3.00. The lowest BCUT2D eigenvalue weighted by molar-refractivity contribution is -0.384. The van der Waals surface area contributed by atoms with E-state index in [9.17, 15) is 14.5 Å². The Balaban J connectivity index is 2.34. The van der Waals surface area contributed by atoms with E-state index in [4.69, 9.17) is 0 Å². The van der Waals surface area contributed by atoms with Crippen LogP contribution >= 0.6 is 0 Å². The van der Waals surface area contributed by atoms with Crippen LogP contribution in [-0.4, -0.2) is 17.0 Å². The molecule has 2 rings (SSSR count). The second-order valence-electron chi connectivity index (χ2n) is 4.19. The molecule has 2 aromatic rings. The molecule has 0 aliphatic heterocycles. The molecular formula is C13H13FN4O2. The highest BCUT2D eigenvalue weighted by Crippen LogP contribution is 2.24. The number of anilines is 3. The van der Waals surface area contributed by atoms with Gasteiger partial charge in [-0.15, -0.1) is 0 Å². The Labute approximate surface area is 114 Å². The van der Waals surface area contributed by atoms with Gasteiger partial charge in [-0.05, 0) is 24.6 Å². The molecule has 0 radical (unpaired) electrons. The van der Waals surface area contributed by atoms with Crippen LogP contribution in [0.25, 0.3) is 0 Å². The maximum Gasteiger partial charge on any atom is 0.276 e. The number of nitro groups is 1. The number of aryl methyl sites for hydroxylation is 1. The summed E-state index contributed by atoms with van der Waals surface area (Å²) in [4.78, 5) is 14.5. The summed E-state index contributed by atoms with van der Waals surface area (Å²) >= 11 is 0. The summed E-state index contributed by atoms with van der Waals surface area (Å²) in [5, 5.41) is 16.4. The Hall–Kier alpha value is -2.70. The summed E-state index contributed by atoms with van der Waals surface area (Å²) in [5.74, 6) is 0.273. The number of hydrogen-bond donors (Lipinski definition) is 2. The van der Waals surface area contributed by atoms with Crippen LogP contribution in [0, 0.1) is 22.9 Å². The molecule has 0 unspecified atom stereocenters. The van der Waals surface area contributed by atoms with Gasteiger partial charge in [-0.2, -0.15) is 0 Å². The Morgan fingerprint density at radius 1 is 1.25 bits per heavy atom. The van der Waals surface area contributed by atoms with Crippen molar-refractivity contribution in [3.8, 4) is 0 Å². The molecule has 0 bridgehead atoms. The summed E-state index contributed by atoms with van der Waals surface area (Å²) in [6, 6.07) is 7.22. The van der Waals surface area contributed by atoms with Gasteiger partial charge in [0.2, 0.25) is 0 Å². The van der Waals surface area contributed by atoms with Gasteiger partial charge in [-0.3, -0.25) is 10.1 Å². The van der Waals surface area contributed by atoms with Crippen LogP contribution in [0.15, 0.2) is 30.3 Å². The number of nitrogens with one attached hydrogen (secondary N) is 2. The first-order valence-corrected chi connectivity index (χ1v) is 5.87. The summed E-state index contributed by atoms with van der Waals surface area (Å²) in [6.07, 6.45) is 0. The third-order valence-corrected chi connectivity index (χ3v) is 2.72. The zero-order valence-corrected chi connectivity index (χ0v) is 11.0. The van der Waals surface area contributed by atoms with Crippen LogP contribution in [0.5, 0.6) is 0 Å². The largest absolute Gasteiger partial charge is 0.373 e. The Bertz CT molecular complexity index is 661. The predicted octanol–water partition coefficient (Wildman–Crippen LogP) is 3.22. The van der Waals surface area contributed by atoms with Crippen LogP contribution in [0.1, 0.15) is 5.56 Å². The molecule has 0 saturated carbocycles. The van der Waals surface area contributed by atoms with E-state index in [-0.39, 0.29) is 17.3 Å². The molecule has 104 valence electrons. The molecule has 1 heterocycles. The smallest absolute Gasteiger partial charge is 0.276 e. The lowest BCUT2D eigenvalue weighted by Gasteiger charge is -2.08. The highest BCUT2D eigenvalue weighted by atomic mass is 19.1. The average molecular weight is 276 g/mol. The van der Waals surface area contributed by atoms with Gasteiger partial charge in [-0.1, -0.05) is 6.07 Å². The topological polar surface area (TPSA) is 80.1 Å². The fourth-order valence-electron chi connectivity index (χ4n) is 1.63. The Morgan fingerprint density at radius 2 is 1.95 bits per heavy atom. The zero-order valence-electron chi connectivity index (χ0n) is 11.0. The average Bonchev–Trinajstić information content (AvgIpc) is 2.42. The Kier molecular flexibility index (Phi) is 3.79. The van der Waals surface area contributed by atoms with E-state index >= 15 is 0 Å². The lowest BCUT2D eigenvalue weighted by Crippen LogP contribution is -2.00. The van der Waals surface area contributed by atoms with Gasteiger partial charge in [0.1, 0.15) is 17.5 Å². The number of aromatic nitrogens is 1. The molecule has 7 heteroatoms. The van der Waals surface area contributed by atoms with E-state index in [0.29, 0.717) is 17.1 Å². The van der Waals surface area contributed by atoms with Crippen molar-refractivity contribution in [2.24, 2.45) is 0 Å². The van der Waals surface area contributed by atoms with Crippen LogP contribution in [0.3, 0.4) is 0 Å². The van der Waals surface area contributed by atoms with Gasteiger partial charge >= 0.3 is 0 Å². The van der Waals surface area contributed by atoms with Gasteiger partial charge < -0.3 is 10.6 Å². The minimum atomic E-state index is -0.510. The molecular weight excluding hydrogens is 263 g/mol. The van der Waals surface area contributed by atoms with Crippen LogP contribution < -0.4 is 10.6 Å². The first-order chi connectivity index (χ1) is 9.49. The van der Waals surface area contributed by atoms with Gasteiger partial charge in [0.05, 0.1) is 17.1 Å². The third-order valence-electron chi connectivity index (χ3n) is 2.72. The molecule has 0 saturated heterocycles. The molecule has 0 atom stereocenters. The van der Waals surface area contributed by atoms with Crippen LogP contribution in [0.2, 0.25) is 0 Å². The number of nitrogens with zero attached hydrogens (tertiary/aromatic N) is 2. The highest BCUT2D eigenvalue weighted by Gasteiger charge is 2.11. The molecule has 2 N–H and O–H groups in total.